The number of hydrogen-bond donors (Lipinski definition) is 0. The minimum atomic E-state index is -0.843. The van der Waals surface area contributed by atoms with Crippen molar-refractivity contribution in [3.63, 3.8) is 0 Å². The molecule has 0 unspecified atom stereocenters. The number of rotatable bonds is 4. The van der Waals surface area contributed by atoms with Crippen LogP contribution in [0.1, 0.15) is 0 Å². The number of halogens is 5. The highest BCUT2D eigenvalue weighted by Crippen LogP contribution is 2.35. The second kappa shape index (κ2) is 9.99. The summed E-state index contributed by atoms with van der Waals surface area (Å²) in [5.74, 6) is -3.37. The molecule has 0 radical (unpaired) electrons. The number of benzene rings is 4. The van der Waals surface area contributed by atoms with Crippen molar-refractivity contribution in [1.82, 2.24) is 19.9 Å². The lowest BCUT2D eigenvalue weighted by atomic mass is 10.0. The van der Waals surface area contributed by atoms with Crippen LogP contribution in [-0.4, -0.2) is 19.9 Å². The van der Waals surface area contributed by atoms with Gasteiger partial charge in [-0.25, -0.2) is 37.5 Å². The molecule has 9 heteroatoms. The molecule has 0 amide bonds. The van der Waals surface area contributed by atoms with Crippen molar-refractivity contribution in [2.24, 2.45) is 0 Å². The first-order valence-corrected chi connectivity index (χ1v) is 12.5. The third-order valence-corrected chi connectivity index (χ3v) is 6.48. The van der Waals surface area contributed by atoms with E-state index in [4.69, 9.17) is 9.97 Å². The fourth-order valence-electron chi connectivity index (χ4n) is 4.28. The smallest absolute Gasteiger partial charge is 0.199 e. The molecule has 4 aromatic carbocycles. The molecule has 0 saturated heterocycles. The van der Waals surface area contributed by atoms with Gasteiger partial charge < -0.3 is 0 Å². The van der Waals surface area contributed by atoms with Crippen LogP contribution in [-0.2, 0) is 0 Å². The van der Waals surface area contributed by atoms with E-state index in [1.54, 1.807) is 0 Å². The largest absolute Gasteiger partial charge is 0.223 e. The van der Waals surface area contributed by atoms with Gasteiger partial charge in [-0.2, -0.15) is 0 Å². The lowest BCUT2D eigenvalue weighted by Crippen LogP contribution is -2.03. The second-order valence-electron chi connectivity index (χ2n) is 8.68. The number of fused-ring (bicyclic) bond motifs is 1. The van der Waals surface area contributed by atoms with Crippen LogP contribution in [0.25, 0.3) is 56.3 Å². The average Bonchev–Trinajstić information content (AvgIpc) is 2.91. The van der Waals surface area contributed by atoms with Crippen molar-refractivity contribution in [1.29, 1.82) is 0 Å². The van der Waals surface area contributed by atoms with Gasteiger partial charge in [0.1, 0.15) is 23.3 Å². The van der Waals surface area contributed by atoms with Gasteiger partial charge in [0.15, 0.2) is 11.3 Å². The lowest BCUT2D eigenvalue weighted by Gasteiger charge is -2.14. The summed E-state index contributed by atoms with van der Waals surface area (Å²) in [5.41, 5.74) is 2.77. The van der Waals surface area contributed by atoms with Crippen molar-refractivity contribution in [2.45, 2.75) is 0 Å². The Bertz CT molecular complexity index is 1820. The Morgan fingerprint density at radius 3 is 1.18 bits per heavy atom. The van der Waals surface area contributed by atoms with E-state index < -0.39 is 23.3 Å². The van der Waals surface area contributed by atoms with E-state index in [0.29, 0.717) is 11.4 Å². The van der Waals surface area contributed by atoms with E-state index in [0.717, 1.165) is 52.0 Å². The van der Waals surface area contributed by atoms with Gasteiger partial charge in [-0.3, -0.25) is 0 Å². The van der Waals surface area contributed by atoms with Gasteiger partial charge in [0.25, 0.3) is 0 Å². The Hall–Kier alpha value is -4.50. The fourth-order valence-corrected chi connectivity index (χ4v) is 4.54. The molecule has 0 aliphatic rings. The monoisotopic (exact) mass is 586 g/mol. The van der Waals surface area contributed by atoms with E-state index in [1.165, 1.54) is 0 Å². The molecule has 0 aliphatic carbocycles. The summed E-state index contributed by atoms with van der Waals surface area (Å²) in [5, 5.41) is 0. The SMILES string of the molecule is Fc1cc(F)cc(-c2nc3nc(-c4ccccc4)c(-c4ccc(Br)cc4)nc3nc2-c2cc(F)cc(F)c2)c1. The molecule has 2 heterocycles. The molecular formula is C30H15BrF4N4. The van der Waals surface area contributed by atoms with Gasteiger partial charge in [0, 0.05) is 38.9 Å². The maximum atomic E-state index is 14.2. The summed E-state index contributed by atoms with van der Waals surface area (Å²) in [7, 11) is 0. The van der Waals surface area contributed by atoms with E-state index in [1.807, 2.05) is 54.6 Å². The van der Waals surface area contributed by atoms with E-state index in [9.17, 15) is 17.6 Å². The molecule has 190 valence electrons. The Kier molecular flexibility index (Phi) is 6.36. The minimum absolute atomic E-state index is 0.00407. The van der Waals surface area contributed by atoms with E-state index in [-0.39, 0.29) is 33.8 Å². The van der Waals surface area contributed by atoms with Gasteiger partial charge in [-0.05, 0) is 36.4 Å². The summed E-state index contributed by atoms with van der Waals surface area (Å²) in [6.45, 7) is 0. The van der Waals surface area contributed by atoms with Crippen LogP contribution in [0.2, 0.25) is 0 Å². The fraction of sp³-hybridized carbons (Fsp3) is 0. The number of aromatic nitrogens is 4. The maximum absolute atomic E-state index is 14.2. The van der Waals surface area contributed by atoms with Crippen LogP contribution in [0.15, 0.2) is 95.5 Å². The summed E-state index contributed by atoms with van der Waals surface area (Å²) < 4.78 is 57.7. The minimum Gasteiger partial charge on any atom is -0.223 e. The predicted octanol–water partition coefficient (Wildman–Crippen LogP) is 8.41. The molecule has 0 spiro atoms. The summed E-state index contributed by atoms with van der Waals surface area (Å²) in [6.07, 6.45) is 0. The molecule has 6 rings (SSSR count). The maximum Gasteiger partial charge on any atom is 0.199 e. The van der Waals surface area contributed by atoms with Crippen LogP contribution in [0.4, 0.5) is 17.6 Å². The second-order valence-corrected chi connectivity index (χ2v) is 9.59. The molecule has 6 aromatic rings. The zero-order valence-corrected chi connectivity index (χ0v) is 21.4. The van der Waals surface area contributed by atoms with Gasteiger partial charge in [-0.1, -0.05) is 58.4 Å². The summed E-state index contributed by atoms with van der Waals surface area (Å²) in [6, 6.07) is 22.5. The van der Waals surface area contributed by atoms with Crippen molar-refractivity contribution in [3.8, 4) is 45.0 Å². The standard InChI is InChI=1S/C30H15BrF4N4/c31-20-8-6-17(7-9-20)26-25(16-4-2-1-3-5-16)36-29-30(37-26)39-28(19-12-23(34)15-24(35)13-19)27(38-29)18-10-21(32)14-22(33)11-18/h1-15H. The molecule has 0 bridgehead atoms. The zero-order valence-electron chi connectivity index (χ0n) is 19.8. The third kappa shape index (κ3) is 5.00. The normalized spacial score (nSPS) is 11.2. The first-order valence-electron chi connectivity index (χ1n) is 11.7. The molecule has 0 saturated carbocycles. The van der Waals surface area contributed by atoms with Crippen molar-refractivity contribution in [3.05, 3.63) is 119 Å². The van der Waals surface area contributed by atoms with Crippen molar-refractivity contribution in [2.75, 3.05) is 0 Å². The Morgan fingerprint density at radius 1 is 0.410 bits per heavy atom. The molecule has 0 atom stereocenters. The molecule has 0 fully saturated rings. The third-order valence-electron chi connectivity index (χ3n) is 5.96. The first-order chi connectivity index (χ1) is 18.8. The van der Waals surface area contributed by atoms with E-state index in [2.05, 4.69) is 25.9 Å². The van der Waals surface area contributed by atoms with Crippen LogP contribution in [0.3, 0.4) is 0 Å². The molecule has 39 heavy (non-hydrogen) atoms. The van der Waals surface area contributed by atoms with Gasteiger partial charge >= 0.3 is 0 Å². The quantitative estimate of drug-likeness (QED) is 0.195. The van der Waals surface area contributed by atoms with Gasteiger partial charge in [0.05, 0.1) is 22.8 Å². The highest BCUT2D eigenvalue weighted by Gasteiger charge is 2.20. The zero-order chi connectivity index (χ0) is 27.1. The van der Waals surface area contributed by atoms with Crippen LogP contribution >= 0.6 is 15.9 Å². The Labute approximate surface area is 228 Å². The molecule has 0 aliphatic heterocycles. The molecule has 4 nitrogen and oxygen atoms in total. The summed E-state index contributed by atoms with van der Waals surface area (Å²) >= 11 is 3.44. The van der Waals surface area contributed by atoms with Crippen LogP contribution < -0.4 is 0 Å². The van der Waals surface area contributed by atoms with Crippen LogP contribution in [0.5, 0.6) is 0 Å². The molecular weight excluding hydrogens is 572 g/mol. The Morgan fingerprint density at radius 2 is 0.769 bits per heavy atom. The molecule has 2 aromatic heterocycles. The average molecular weight is 587 g/mol. The summed E-state index contributed by atoms with van der Waals surface area (Å²) in [4.78, 5) is 18.7. The first kappa shape index (κ1) is 24.8. The molecule has 0 N–H and O–H groups in total. The Balaban J connectivity index is 1.69. The van der Waals surface area contributed by atoms with Crippen molar-refractivity contribution >= 4 is 27.2 Å². The highest BCUT2D eigenvalue weighted by molar-refractivity contribution is 9.10. The number of nitrogens with zero attached hydrogens (tertiary/aromatic N) is 4. The van der Waals surface area contributed by atoms with E-state index >= 15 is 0 Å². The number of hydrogen-bond acceptors (Lipinski definition) is 4. The van der Waals surface area contributed by atoms with Gasteiger partial charge in [-0.15, -0.1) is 0 Å². The van der Waals surface area contributed by atoms with Crippen molar-refractivity contribution < 1.29 is 17.6 Å². The predicted molar refractivity (Wildman–Crippen MR) is 144 cm³/mol. The topological polar surface area (TPSA) is 51.6 Å². The van der Waals surface area contributed by atoms with Gasteiger partial charge in [0.2, 0.25) is 0 Å². The van der Waals surface area contributed by atoms with Crippen LogP contribution in [0, 0.1) is 23.3 Å². The lowest BCUT2D eigenvalue weighted by molar-refractivity contribution is 0.583. The highest BCUT2D eigenvalue weighted by atomic mass is 79.9.